The van der Waals surface area contributed by atoms with Gasteiger partial charge in [0.15, 0.2) is 0 Å². The molecule has 2 aromatic carbocycles. The molecule has 2 rings (SSSR count). The molecule has 0 aliphatic carbocycles. The first-order valence-corrected chi connectivity index (χ1v) is 11.5. The number of nitrogens with one attached hydrogen (secondary N) is 1. The Kier molecular flexibility index (Phi) is 7.93. The number of nitrogens with zero attached hydrogens (tertiary/aromatic N) is 1. The molecule has 29 heavy (non-hydrogen) atoms. The van der Waals surface area contributed by atoms with Crippen molar-refractivity contribution in [2.75, 3.05) is 24.2 Å². The first kappa shape index (κ1) is 23.0. The highest BCUT2D eigenvalue weighted by molar-refractivity contribution is 7.92. The van der Waals surface area contributed by atoms with Gasteiger partial charge in [-0.25, -0.2) is 8.42 Å². The van der Waals surface area contributed by atoms with Gasteiger partial charge in [-0.2, -0.15) is 0 Å². The normalized spacial score (nSPS) is 12.3. The summed E-state index contributed by atoms with van der Waals surface area (Å²) in [4.78, 5) is 12.7. The third-order valence-corrected chi connectivity index (χ3v) is 6.14. The van der Waals surface area contributed by atoms with Gasteiger partial charge in [0.05, 0.1) is 19.1 Å². The number of hydrogen-bond donors (Lipinski definition) is 1. The molecule has 158 valence electrons. The molecule has 0 saturated carbocycles. The van der Waals surface area contributed by atoms with Crippen molar-refractivity contribution in [2.45, 2.75) is 32.7 Å². The van der Waals surface area contributed by atoms with Crippen molar-refractivity contribution in [3.63, 3.8) is 0 Å². The lowest BCUT2D eigenvalue weighted by Crippen LogP contribution is -2.48. The molecule has 0 radical (unpaired) electrons. The fraction of sp³-hybridized carbons (Fsp3) is 0.381. The molecule has 0 aliphatic rings. The first-order chi connectivity index (χ1) is 13.6. The van der Waals surface area contributed by atoms with E-state index in [9.17, 15) is 13.2 Å². The number of ether oxygens (including phenoxy) is 1. The van der Waals surface area contributed by atoms with Gasteiger partial charge in [-0.05, 0) is 56.0 Å². The Bertz CT molecular complexity index is 963. The molecule has 6 nitrogen and oxygen atoms in total. The highest BCUT2D eigenvalue weighted by Crippen LogP contribution is 2.32. The Hall–Kier alpha value is -2.25. The van der Waals surface area contributed by atoms with Crippen LogP contribution in [0.5, 0.6) is 5.75 Å². The number of amides is 1. The smallest absolute Gasteiger partial charge is 0.243 e. The van der Waals surface area contributed by atoms with Crippen LogP contribution in [0.4, 0.5) is 5.69 Å². The molecule has 1 atom stereocenters. The van der Waals surface area contributed by atoms with E-state index in [1.165, 1.54) is 7.11 Å². The van der Waals surface area contributed by atoms with Crippen molar-refractivity contribution in [1.29, 1.82) is 0 Å². The molecule has 1 amide bonds. The summed E-state index contributed by atoms with van der Waals surface area (Å²) < 4.78 is 31.4. The van der Waals surface area contributed by atoms with Gasteiger partial charge in [0.1, 0.15) is 11.8 Å². The molecule has 0 spiro atoms. The SMILES string of the molecule is COc1ccc(C)cc1N([C@@H](C)C(=O)NCCCc1ccccc1Cl)S(C)(=O)=O. The molecule has 0 bridgehead atoms. The van der Waals surface area contributed by atoms with Crippen LogP contribution >= 0.6 is 11.6 Å². The number of carbonyl (C=O) groups excluding carboxylic acids is 1. The molecular formula is C21H27ClN2O4S. The Morgan fingerprint density at radius 3 is 2.55 bits per heavy atom. The maximum Gasteiger partial charge on any atom is 0.243 e. The minimum Gasteiger partial charge on any atom is -0.495 e. The minimum absolute atomic E-state index is 0.341. The molecule has 0 aromatic heterocycles. The van der Waals surface area contributed by atoms with E-state index in [1.54, 1.807) is 19.1 Å². The van der Waals surface area contributed by atoms with Crippen LogP contribution in [-0.4, -0.2) is 40.3 Å². The van der Waals surface area contributed by atoms with Gasteiger partial charge in [-0.15, -0.1) is 0 Å². The summed E-state index contributed by atoms with van der Waals surface area (Å²) in [6.07, 6.45) is 2.49. The summed E-state index contributed by atoms with van der Waals surface area (Å²) >= 11 is 6.14. The van der Waals surface area contributed by atoms with E-state index in [0.717, 1.165) is 28.1 Å². The molecular weight excluding hydrogens is 412 g/mol. The van der Waals surface area contributed by atoms with Gasteiger partial charge in [-0.1, -0.05) is 35.9 Å². The topological polar surface area (TPSA) is 75.7 Å². The Morgan fingerprint density at radius 2 is 1.93 bits per heavy atom. The predicted octanol–water partition coefficient (Wildman–Crippen LogP) is 3.56. The second-order valence-corrected chi connectivity index (χ2v) is 9.16. The number of aryl methyl sites for hydroxylation is 2. The molecule has 0 heterocycles. The van der Waals surface area contributed by atoms with E-state index in [-0.39, 0.29) is 5.91 Å². The van der Waals surface area contributed by atoms with Gasteiger partial charge in [-0.3, -0.25) is 9.10 Å². The number of methoxy groups -OCH3 is 1. The van der Waals surface area contributed by atoms with E-state index in [2.05, 4.69) is 5.32 Å². The zero-order chi connectivity index (χ0) is 21.6. The quantitative estimate of drug-likeness (QED) is 0.607. The first-order valence-electron chi connectivity index (χ1n) is 9.30. The molecule has 2 aromatic rings. The van der Waals surface area contributed by atoms with Crippen LogP contribution in [0.15, 0.2) is 42.5 Å². The number of benzene rings is 2. The highest BCUT2D eigenvalue weighted by Gasteiger charge is 2.31. The average molecular weight is 439 g/mol. The number of hydrogen-bond acceptors (Lipinski definition) is 4. The van der Waals surface area contributed by atoms with Gasteiger partial charge < -0.3 is 10.1 Å². The van der Waals surface area contributed by atoms with Crippen LogP contribution in [0.3, 0.4) is 0 Å². The molecule has 0 saturated heterocycles. The third kappa shape index (κ3) is 6.11. The lowest BCUT2D eigenvalue weighted by Gasteiger charge is -2.29. The van der Waals surface area contributed by atoms with Gasteiger partial charge in [0, 0.05) is 11.6 Å². The van der Waals surface area contributed by atoms with Crippen molar-refractivity contribution in [3.8, 4) is 5.75 Å². The van der Waals surface area contributed by atoms with Gasteiger partial charge >= 0.3 is 0 Å². The van der Waals surface area contributed by atoms with E-state index >= 15 is 0 Å². The number of rotatable bonds is 9. The van der Waals surface area contributed by atoms with Crippen LogP contribution < -0.4 is 14.4 Å². The van der Waals surface area contributed by atoms with Gasteiger partial charge in [0.25, 0.3) is 0 Å². The molecule has 1 N–H and O–H groups in total. The zero-order valence-electron chi connectivity index (χ0n) is 17.1. The average Bonchev–Trinajstić information content (AvgIpc) is 2.65. The van der Waals surface area contributed by atoms with Crippen LogP contribution in [-0.2, 0) is 21.2 Å². The van der Waals surface area contributed by atoms with Crippen molar-refractivity contribution >= 4 is 33.2 Å². The number of sulfonamides is 1. The van der Waals surface area contributed by atoms with Crippen LogP contribution in [0.1, 0.15) is 24.5 Å². The number of anilines is 1. The molecule has 0 aliphatic heterocycles. The Morgan fingerprint density at radius 1 is 1.24 bits per heavy atom. The van der Waals surface area contributed by atoms with Crippen molar-refractivity contribution in [3.05, 3.63) is 58.6 Å². The van der Waals surface area contributed by atoms with Crippen LogP contribution in [0.2, 0.25) is 5.02 Å². The van der Waals surface area contributed by atoms with E-state index in [1.807, 2.05) is 37.3 Å². The summed E-state index contributed by atoms with van der Waals surface area (Å²) in [6.45, 7) is 3.83. The second kappa shape index (κ2) is 9.98. The number of carbonyl (C=O) groups is 1. The van der Waals surface area contributed by atoms with Crippen molar-refractivity contribution in [1.82, 2.24) is 5.32 Å². The third-order valence-electron chi connectivity index (χ3n) is 4.54. The fourth-order valence-corrected chi connectivity index (χ4v) is 4.49. The lowest BCUT2D eigenvalue weighted by molar-refractivity contribution is -0.121. The number of halogens is 1. The fourth-order valence-electron chi connectivity index (χ4n) is 3.09. The summed E-state index contributed by atoms with van der Waals surface area (Å²) in [7, 11) is -2.25. The van der Waals surface area contributed by atoms with E-state index < -0.39 is 16.1 Å². The largest absolute Gasteiger partial charge is 0.495 e. The monoisotopic (exact) mass is 438 g/mol. The van der Waals surface area contributed by atoms with E-state index in [4.69, 9.17) is 16.3 Å². The minimum atomic E-state index is -3.72. The lowest BCUT2D eigenvalue weighted by atomic mass is 10.1. The predicted molar refractivity (Wildman–Crippen MR) is 117 cm³/mol. The summed E-state index contributed by atoms with van der Waals surface area (Å²) in [5.74, 6) is 0.0116. The van der Waals surface area contributed by atoms with E-state index in [0.29, 0.717) is 29.4 Å². The molecule has 8 heteroatoms. The maximum absolute atomic E-state index is 12.7. The molecule has 0 fully saturated rings. The second-order valence-electron chi connectivity index (χ2n) is 6.90. The van der Waals surface area contributed by atoms with Gasteiger partial charge in [0.2, 0.25) is 15.9 Å². The highest BCUT2D eigenvalue weighted by atomic mass is 35.5. The van der Waals surface area contributed by atoms with Crippen molar-refractivity contribution in [2.24, 2.45) is 0 Å². The summed E-state index contributed by atoms with van der Waals surface area (Å²) in [5.41, 5.74) is 2.22. The standard InChI is InChI=1S/C21H27ClN2O4S/c1-15-11-12-20(28-3)19(14-15)24(29(4,26)27)16(2)21(25)23-13-7-9-17-8-5-6-10-18(17)22/h5-6,8,10-12,14,16H,7,9,13H2,1-4H3,(H,23,25)/t16-/m0/s1. The summed E-state index contributed by atoms with van der Waals surface area (Å²) in [5, 5.41) is 3.51. The molecule has 0 unspecified atom stereocenters. The van der Waals surface area contributed by atoms with Crippen molar-refractivity contribution < 1.29 is 17.9 Å². The zero-order valence-corrected chi connectivity index (χ0v) is 18.7. The Balaban J connectivity index is 2.10. The maximum atomic E-state index is 12.7. The van der Waals surface area contributed by atoms with Crippen LogP contribution in [0.25, 0.3) is 0 Å². The van der Waals surface area contributed by atoms with Crippen LogP contribution in [0, 0.1) is 6.92 Å². The Labute approximate surface area is 177 Å². The summed E-state index contributed by atoms with van der Waals surface area (Å²) in [6, 6.07) is 11.8.